The Morgan fingerprint density at radius 2 is 1.55 bits per heavy atom. The molecule has 0 saturated carbocycles. The Labute approximate surface area is 173 Å². The maximum absolute atomic E-state index is 11.5. The van der Waals surface area contributed by atoms with Crippen LogP contribution < -0.4 is 5.14 Å². The van der Waals surface area contributed by atoms with Crippen LogP contribution in [0.5, 0.6) is 0 Å². The Hall–Kier alpha value is -2.70. The lowest BCUT2D eigenvalue weighted by Gasteiger charge is -2.18. The van der Waals surface area contributed by atoms with Gasteiger partial charge in [-0.1, -0.05) is 32.9 Å². The molecule has 2 N–H and O–H groups in total. The Bertz CT molecular complexity index is 1150. The number of primary sulfonamides is 1. The first-order chi connectivity index (χ1) is 13.5. The van der Waals surface area contributed by atoms with E-state index in [-0.39, 0.29) is 10.3 Å². The number of sulfonamides is 1. The molecule has 0 atom stereocenters. The van der Waals surface area contributed by atoms with Gasteiger partial charge in [-0.2, -0.15) is 0 Å². The summed E-state index contributed by atoms with van der Waals surface area (Å²) < 4.78 is 25.0. The molecule has 0 aliphatic heterocycles. The summed E-state index contributed by atoms with van der Waals surface area (Å²) in [6.45, 7) is 10.6. The van der Waals surface area contributed by atoms with Crippen LogP contribution in [0.3, 0.4) is 0 Å². The first kappa shape index (κ1) is 21.0. The van der Waals surface area contributed by atoms with E-state index in [9.17, 15) is 8.42 Å². The zero-order valence-corrected chi connectivity index (χ0v) is 18.3. The highest BCUT2D eigenvalue weighted by Crippen LogP contribution is 2.25. The lowest BCUT2D eigenvalue weighted by molar-refractivity contribution is 0.590. The third kappa shape index (κ3) is 4.66. The number of rotatable bonds is 4. The average Bonchev–Trinajstić information content (AvgIpc) is 2.92. The van der Waals surface area contributed by atoms with Gasteiger partial charge in [-0.15, -0.1) is 0 Å². The summed E-state index contributed by atoms with van der Waals surface area (Å²) in [5, 5.41) is 5.19. The molecule has 0 aliphatic carbocycles. The predicted octanol–water partition coefficient (Wildman–Crippen LogP) is 4.79. The number of hydrogen-bond donors (Lipinski definition) is 1. The molecule has 1 aromatic heterocycles. The number of aliphatic imine (C=N–C) groups is 1. The number of aromatic nitrogens is 1. The first-order valence-corrected chi connectivity index (χ1v) is 11.0. The Morgan fingerprint density at radius 1 is 0.966 bits per heavy atom. The summed E-state index contributed by atoms with van der Waals surface area (Å²) >= 11 is 0. The number of hydrogen-bond acceptors (Lipinski definition) is 3. The standard InChI is InChI=1S/C23H27N3O2S/c1-16-14-18(15-25-20-8-6-19(7-9-20)23(3,4)5)17(2)26(16)21-10-12-22(13-11-21)29(24,27)28/h6-15H,1-5H3,(H2,24,27,28). The molecule has 0 saturated heterocycles. The van der Waals surface area contributed by atoms with Gasteiger partial charge in [-0.25, -0.2) is 13.6 Å². The summed E-state index contributed by atoms with van der Waals surface area (Å²) in [5.74, 6) is 0. The number of nitrogens with zero attached hydrogens (tertiary/aromatic N) is 2. The second kappa shape index (κ2) is 7.61. The monoisotopic (exact) mass is 409 g/mol. The number of benzene rings is 2. The topological polar surface area (TPSA) is 77.5 Å². The highest BCUT2D eigenvalue weighted by molar-refractivity contribution is 7.89. The summed E-state index contributed by atoms with van der Waals surface area (Å²) in [6, 6.07) is 16.9. The van der Waals surface area contributed by atoms with E-state index in [1.807, 2.05) is 32.2 Å². The molecule has 3 aromatic rings. The minimum absolute atomic E-state index is 0.101. The van der Waals surface area contributed by atoms with E-state index in [1.165, 1.54) is 17.7 Å². The van der Waals surface area contributed by atoms with E-state index in [1.54, 1.807) is 12.1 Å². The van der Waals surface area contributed by atoms with Crippen molar-refractivity contribution in [3.05, 3.63) is 77.1 Å². The third-order valence-corrected chi connectivity index (χ3v) is 5.91. The molecule has 0 fully saturated rings. The summed E-state index contributed by atoms with van der Waals surface area (Å²) in [6.07, 6.45) is 1.86. The zero-order chi connectivity index (χ0) is 21.4. The molecule has 0 spiro atoms. The molecule has 0 radical (unpaired) electrons. The minimum Gasteiger partial charge on any atom is -0.318 e. The lowest BCUT2D eigenvalue weighted by atomic mass is 9.87. The molecule has 5 nitrogen and oxygen atoms in total. The minimum atomic E-state index is -3.70. The van der Waals surface area contributed by atoms with Gasteiger partial charge in [-0.3, -0.25) is 4.99 Å². The van der Waals surface area contributed by atoms with Crippen LogP contribution in [0.4, 0.5) is 5.69 Å². The van der Waals surface area contributed by atoms with E-state index in [2.05, 4.69) is 48.5 Å². The van der Waals surface area contributed by atoms with E-state index in [0.717, 1.165) is 28.3 Å². The number of aryl methyl sites for hydroxylation is 1. The molecule has 2 aromatic carbocycles. The molecule has 0 unspecified atom stereocenters. The van der Waals surface area contributed by atoms with Crippen molar-refractivity contribution in [1.29, 1.82) is 0 Å². The van der Waals surface area contributed by atoms with E-state index in [0.29, 0.717) is 0 Å². The van der Waals surface area contributed by atoms with Gasteiger partial charge in [0.2, 0.25) is 10.0 Å². The Kier molecular flexibility index (Phi) is 5.52. The fourth-order valence-electron chi connectivity index (χ4n) is 3.29. The summed E-state index contributed by atoms with van der Waals surface area (Å²) in [7, 11) is -3.70. The van der Waals surface area contributed by atoms with Crippen molar-refractivity contribution in [2.75, 3.05) is 0 Å². The Balaban J connectivity index is 1.89. The highest BCUT2D eigenvalue weighted by atomic mass is 32.2. The fraction of sp³-hybridized carbons (Fsp3) is 0.261. The van der Waals surface area contributed by atoms with Gasteiger partial charge in [-0.05, 0) is 67.3 Å². The molecular formula is C23H27N3O2S. The van der Waals surface area contributed by atoms with Crippen molar-refractivity contribution in [1.82, 2.24) is 4.57 Å². The molecular weight excluding hydrogens is 382 g/mol. The average molecular weight is 410 g/mol. The van der Waals surface area contributed by atoms with Crippen LogP contribution in [0, 0.1) is 13.8 Å². The van der Waals surface area contributed by atoms with Gasteiger partial charge in [0.1, 0.15) is 0 Å². The lowest BCUT2D eigenvalue weighted by Crippen LogP contribution is -2.12. The quantitative estimate of drug-likeness (QED) is 0.629. The van der Waals surface area contributed by atoms with Crippen molar-refractivity contribution in [2.45, 2.75) is 44.9 Å². The highest BCUT2D eigenvalue weighted by Gasteiger charge is 2.13. The van der Waals surface area contributed by atoms with Gasteiger partial charge in [0, 0.05) is 28.9 Å². The van der Waals surface area contributed by atoms with Gasteiger partial charge in [0.15, 0.2) is 0 Å². The SMILES string of the molecule is Cc1cc(C=Nc2ccc(C(C)(C)C)cc2)c(C)n1-c1ccc(S(N)(=O)=O)cc1. The molecule has 0 aliphatic rings. The molecule has 29 heavy (non-hydrogen) atoms. The molecule has 0 bridgehead atoms. The molecule has 1 heterocycles. The fourth-order valence-corrected chi connectivity index (χ4v) is 3.81. The molecule has 152 valence electrons. The van der Waals surface area contributed by atoms with Crippen molar-refractivity contribution < 1.29 is 8.42 Å². The largest absolute Gasteiger partial charge is 0.318 e. The van der Waals surface area contributed by atoms with Crippen molar-refractivity contribution in [2.24, 2.45) is 10.1 Å². The van der Waals surface area contributed by atoms with E-state index < -0.39 is 10.0 Å². The second-order valence-corrected chi connectivity index (χ2v) is 9.82. The van der Waals surface area contributed by atoms with Crippen LogP contribution in [0.15, 0.2) is 64.5 Å². The normalized spacial score (nSPS) is 12.6. The predicted molar refractivity (Wildman–Crippen MR) is 119 cm³/mol. The summed E-state index contributed by atoms with van der Waals surface area (Å²) in [5.41, 5.74) is 6.25. The molecule has 0 amide bonds. The smallest absolute Gasteiger partial charge is 0.238 e. The van der Waals surface area contributed by atoms with Gasteiger partial charge in [0.05, 0.1) is 10.6 Å². The number of nitrogens with two attached hydrogens (primary N) is 1. The van der Waals surface area contributed by atoms with Crippen LogP contribution in [0.1, 0.15) is 43.3 Å². The Morgan fingerprint density at radius 3 is 2.07 bits per heavy atom. The molecule has 6 heteroatoms. The van der Waals surface area contributed by atoms with E-state index in [4.69, 9.17) is 5.14 Å². The van der Waals surface area contributed by atoms with Crippen molar-refractivity contribution in [3.8, 4) is 5.69 Å². The van der Waals surface area contributed by atoms with Gasteiger partial charge >= 0.3 is 0 Å². The van der Waals surface area contributed by atoms with Crippen LogP contribution in [-0.4, -0.2) is 19.2 Å². The van der Waals surface area contributed by atoms with Gasteiger partial charge < -0.3 is 4.57 Å². The van der Waals surface area contributed by atoms with Crippen molar-refractivity contribution >= 4 is 21.9 Å². The van der Waals surface area contributed by atoms with Crippen LogP contribution in [0.25, 0.3) is 5.69 Å². The molecule has 3 rings (SSSR count). The van der Waals surface area contributed by atoms with Crippen LogP contribution in [0.2, 0.25) is 0 Å². The van der Waals surface area contributed by atoms with Crippen molar-refractivity contribution in [3.63, 3.8) is 0 Å². The van der Waals surface area contributed by atoms with E-state index >= 15 is 0 Å². The second-order valence-electron chi connectivity index (χ2n) is 8.26. The van der Waals surface area contributed by atoms with Crippen LogP contribution in [-0.2, 0) is 15.4 Å². The maximum Gasteiger partial charge on any atom is 0.238 e. The first-order valence-electron chi connectivity index (χ1n) is 9.43. The summed E-state index contributed by atoms with van der Waals surface area (Å²) in [4.78, 5) is 4.72. The maximum atomic E-state index is 11.5. The van der Waals surface area contributed by atoms with Gasteiger partial charge in [0.25, 0.3) is 0 Å². The zero-order valence-electron chi connectivity index (χ0n) is 17.5. The third-order valence-electron chi connectivity index (χ3n) is 4.98. The van der Waals surface area contributed by atoms with Crippen LogP contribution >= 0.6 is 0 Å².